The van der Waals surface area contributed by atoms with Gasteiger partial charge >= 0.3 is 6.03 Å². The number of hydrogen-bond donors (Lipinski definition) is 4. The van der Waals surface area contributed by atoms with Crippen LogP contribution in [0.4, 0.5) is 10.5 Å². The molecule has 6 heteroatoms. The van der Waals surface area contributed by atoms with Gasteiger partial charge in [-0.1, -0.05) is 13.3 Å². The first-order valence-corrected chi connectivity index (χ1v) is 8.51. The first kappa shape index (κ1) is 20.3. The number of carbonyl (C=O) groups excluding carboxylic acids is 1. The van der Waals surface area contributed by atoms with Gasteiger partial charge in [-0.25, -0.2) is 4.79 Å². The third-order valence-corrected chi connectivity index (χ3v) is 3.24. The average molecular weight is 337 g/mol. The van der Waals surface area contributed by atoms with Crippen LogP contribution < -0.4 is 20.7 Å². The maximum atomic E-state index is 11.6. The van der Waals surface area contributed by atoms with E-state index in [0.717, 1.165) is 12.8 Å². The number of rotatable bonds is 9. The Labute approximate surface area is 145 Å². The number of unbranched alkanes of at least 4 members (excludes halogenated alkanes) is 1. The van der Waals surface area contributed by atoms with Crippen LogP contribution in [-0.2, 0) is 0 Å². The minimum Gasteiger partial charge on any atom is -0.491 e. The van der Waals surface area contributed by atoms with Gasteiger partial charge in [0.1, 0.15) is 18.5 Å². The monoisotopic (exact) mass is 337 g/mol. The molecule has 0 bridgehead atoms. The lowest BCUT2D eigenvalue weighted by atomic mass is 10.1. The van der Waals surface area contributed by atoms with Gasteiger partial charge in [0.15, 0.2) is 0 Å². The number of ether oxygens (including phenoxy) is 1. The Hall–Kier alpha value is -1.79. The zero-order valence-electron chi connectivity index (χ0n) is 15.2. The van der Waals surface area contributed by atoms with E-state index in [4.69, 9.17) is 4.74 Å². The Kier molecular flexibility index (Phi) is 8.57. The van der Waals surface area contributed by atoms with E-state index in [1.165, 1.54) is 0 Å². The molecule has 1 aromatic rings. The van der Waals surface area contributed by atoms with E-state index < -0.39 is 6.10 Å². The van der Waals surface area contributed by atoms with Crippen molar-refractivity contribution in [3.8, 4) is 5.75 Å². The first-order chi connectivity index (χ1) is 11.3. The number of nitrogens with one attached hydrogen (secondary N) is 3. The van der Waals surface area contributed by atoms with Gasteiger partial charge in [0.2, 0.25) is 0 Å². The second kappa shape index (κ2) is 10.2. The molecule has 0 radical (unpaired) electrons. The van der Waals surface area contributed by atoms with Crippen LogP contribution in [0.15, 0.2) is 24.3 Å². The second-order valence-corrected chi connectivity index (χ2v) is 6.85. The van der Waals surface area contributed by atoms with Crippen molar-refractivity contribution in [2.24, 2.45) is 0 Å². The van der Waals surface area contributed by atoms with E-state index in [-0.39, 0.29) is 18.2 Å². The summed E-state index contributed by atoms with van der Waals surface area (Å²) in [5.41, 5.74) is 0.665. The second-order valence-electron chi connectivity index (χ2n) is 6.85. The third-order valence-electron chi connectivity index (χ3n) is 3.24. The zero-order valence-corrected chi connectivity index (χ0v) is 15.2. The molecule has 4 N–H and O–H groups in total. The van der Waals surface area contributed by atoms with Crippen molar-refractivity contribution < 1.29 is 14.6 Å². The lowest BCUT2D eigenvalue weighted by Crippen LogP contribution is -2.42. The first-order valence-electron chi connectivity index (χ1n) is 8.51. The Morgan fingerprint density at radius 1 is 1.25 bits per heavy atom. The van der Waals surface area contributed by atoms with Gasteiger partial charge in [0.25, 0.3) is 0 Å². The minimum atomic E-state index is -0.577. The lowest BCUT2D eigenvalue weighted by molar-refractivity contribution is 0.100. The molecule has 0 aliphatic rings. The summed E-state index contributed by atoms with van der Waals surface area (Å²) in [7, 11) is 0. The predicted octanol–water partition coefficient (Wildman–Crippen LogP) is 2.74. The van der Waals surface area contributed by atoms with Crippen molar-refractivity contribution in [1.29, 1.82) is 0 Å². The minimum absolute atomic E-state index is 0.0357. The molecular formula is C18H31N3O3. The fourth-order valence-electron chi connectivity index (χ4n) is 1.86. The summed E-state index contributed by atoms with van der Waals surface area (Å²) >= 11 is 0. The highest BCUT2D eigenvalue weighted by atomic mass is 16.5. The van der Waals surface area contributed by atoms with Crippen LogP contribution in [0, 0.1) is 0 Å². The summed E-state index contributed by atoms with van der Waals surface area (Å²) in [4.78, 5) is 11.6. The molecule has 0 aliphatic heterocycles. The SMILES string of the molecule is CCCCNC(=O)Nc1ccc(OC[C@H](O)CNC(C)(C)C)cc1. The van der Waals surface area contributed by atoms with Crippen molar-refractivity contribution in [2.75, 3.05) is 25.0 Å². The third kappa shape index (κ3) is 9.37. The van der Waals surface area contributed by atoms with E-state index in [2.05, 4.69) is 22.9 Å². The van der Waals surface area contributed by atoms with Crippen LogP contribution in [0.3, 0.4) is 0 Å². The van der Waals surface area contributed by atoms with E-state index in [9.17, 15) is 9.90 Å². The van der Waals surface area contributed by atoms with Crippen LogP contribution in [0.2, 0.25) is 0 Å². The van der Waals surface area contributed by atoms with Crippen molar-refractivity contribution in [3.63, 3.8) is 0 Å². The van der Waals surface area contributed by atoms with Gasteiger partial charge in [-0.3, -0.25) is 0 Å². The molecule has 136 valence electrons. The Balaban J connectivity index is 2.32. The maximum Gasteiger partial charge on any atom is 0.319 e. The summed E-state index contributed by atoms with van der Waals surface area (Å²) in [5, 5.41) is 18.7. The quantitative estimate of drug-likeness (QED) is 0.522. The maximum absolute atomic E-state index is 11.6. The average Bonchev–Trinajstić information content (AvgIpc) is 2.52. The van der Waals surface area contributed by atoms with Gasteiger partial charge in [0, 0.05) is 24.3 Å². The summed E-state index contributed by atoms with van der Waals surface area (Å²) < 4.78 is 5.55. The number of hydrogen-bond acceptors (Lipinski definition) is 4. The van der Waals surface area contributed by atoms with E-state index in [1.807, 2.05) is 20.8 Å². The normalized spacial score (nSPS) is 12.5. The molecule has 0 fully saturated rings. The topological polar surface area (TPSA) is 82.6 Å². The summed E-state index contributed by atoms with van der Waals surface area (Å²) in [6.07, 6.45) is 1.43. The van der Waals surface area contributed by atoms with Crippen molar-refractivity contribution in [1.82, 2.24) is 10.6 Å². The van der Waals surface area contributed by atoms with E-state index in [1.54, 1.807) is 24.3 Å². The number of anilines is 1. The van der Waals surface area contributed by atoms with Crippen molar-refractivity contribution >= 4 is 11.7 Å². The van der Waals surface area contributed by atoms with Gasteiger partial charge in [-0.2, -0.15) is 0 Å². The highest BCUT2D eigenvalue weighted by molar-refractivity contribution is 5.89. The molecule has 0 saturated carbocycles. The van der Waals surface area contributed by atoms with Crippen molar-refractivity contribution in [3.05, 3.63) is 24.3 Å². The molecule has 24 heavy (non-hydrogen) atoms. The van der Waals surface area contributed by atoms with Crippen LogP contribution in [0.25, 0.3) is 0 Å². The van der Waals surface area contributed by atoms with Gasteiger partial charge < -0.3 is 25.8 Å². The van der Waals surface area contributed by atoms with Crippen LogP contribution in [0.5, 0.6) is 5.75 Å². The molecule has 1 aromatic carbocycles. The molecule has 1 atom stereocenters. The van der Waals surface area contributed by atoms with Crippen LogP contribution in [-0.4, -0.2) is 42.5 Å². The number of urea groups is 1. The molecule has 1 rings (SSSR count). The smallest absolute Gasteiger partial charge is 0.319 e. The molecule has 6 nitrogen and oxygen atoms in total. The molecule has 0 unspecified atom stereocenters. The summed E-state index contributed by atoms with van der Waals surface area (Å²) in [5.74, 6) is 0.654. The highest BCUT2D eigenvalue weighted by Gasteiger charge is 2.12. The standard InChI is InChI=1S/C18H31N3O3/c1-5-6-11-19-17(23)21-14-7-9-16(10-8-14)24-13-15(22)12-20-18(2,3)4/h7-10,15,20,22H,5-6,11-13H2,1-4H3,(H2,19,21,23)/t15-/m1/s1. The van der Waals surface area contributed by atoms with Crippen molar-refractivity contribution in [2.45, 2.75) is 52.2 Å². The Morgan fingerprint density at radius 2 is 1.92 bits per heavy atom. The fraction of sp³-hybridized carbons (Fsp3) is 0.611. The number of amides is 2. The molecule has 2 amide bonds. The highest BCUT2D eigenvalue weighted by Crippen LogP contribution is 2.15. The van der Waals surface area contributed by atoms with E-state index >= 15 is 0 Å². The number of aliphatic hydroxyl groups excluding tert-OH is 1. The fourth-order valence-corrected chi connectivity index (χ4v) is 1.86. The lowest BCUT2D eigenvalue weighted by Gasteiger charge is -2.23. The Morgan fingerprint density at radius 3 is 2.50 bits per heavy atom. The molecule has 0 saturated heterocycles. The van der Waals surface area contributed by atoms with Crippen LogP contribution >= 0.6 is 0 Å². The summed E-state index contributed by atoms with van der Waals surface area (Å²) in [6, 6.07) is 6.88. The van der Waals surface area contributed by atoms with Crippen LogP contribution in [0.1, 0.15) is 40.5 Å². The number of benzene rings is 1. The largest absolute Gasteiger partial charge is 0.491 e. The predicted molar refractivity (Wildman–Crippen MR) is 97.6 cm³/mol. The molecule has 0 spiro atoms. The van der Waals surface area contributed by atoms with Gasteiger partial charge in [-0.05, 0) is 51.5 Å². The molecule has 0 aromatic heterocycles. The van der Waals surface area contributed by atoms with Gasteiger partial charge in [0.05, 0.1) is 0 Å². The molecular weight excluding hydrogens is 306 g/mol. The number of β-amino-alcohol motifs (C(OH)–C–C–N with tert-alkyl or cyclic N) is 1. The Bertz CT molecular complexity index is 483. The summed E-state index contributed by atoms with van der Waals surface area (Å²) in [6.45, 7) is 9.58. The molecule has 0 heterocycles. The number of aliphatic hydroxyl groups is 1. The zero-order chi connectivity index (χ0) is 18.0. The molecule has 0 aliphatic carbocycles. The number of carbonyl (C=O) groups is 1. The van der Waals surface area contributed by atoms with E-state index in [0.29, 0.717) is 24.5 Å². The van der Waals surface area contributed by atoms with Gasteiger partial charge in [-0.15, -0.1) is 0 Å².